The van der Waals surface area contributed by atoms with Gasteiger partial charge in [-0.15, -0.1) is 0 Å². The van der Waals surface area contributed by atoms with Crippen LogP contribution in [-0.4, -0.2) is 66.4 Å². The quantitative estimate of drug-likeness (QED) is 0.257. The van der Waals surface area contributed by atoms with Gasteiger partial charge in [0.2, 0.25) is 11.8 Å². The molecule has 2 N–H and O–H groups in total. The molecule has 0 radical (unpaired) electrons. The summed E-state index contributed by atoms with van der Waals surface area (Å²) in [6, 6.07) is 6.63. The zero-order chi connectivity index (χ0) is 32.6. The first-order valence-electron chi connectivity index (χ1n) is 15.2. The van der Waals surface area contributed by atoms with Gasteiger partial charge in [-0.3, -0.25) is 23.9 Å². The standard InChI is InChI=1S/C34H33ClN8O3/c1-7-24(44)41-14-23-33(45)40-29-31(42(23)13-19(41)6)20-12-21(35)27(25-17(4)8-9-22-28(25)38-15-37-22)39-32(20)43(34(29)46)30-18(5)10-11-36-26(30)16(2)3/h7-12,15-16,19,23H,1,13-14H2,2-6H3,(H,37,38)(H,40,45). The zero-order valence-corrected chi connectivity index (χ0v) is 26.9. The van der Waals surface area contributed by atoms with E-state index in [9.17, 15) is 14.4 Å². The van der Waals surface area contributed by atoms with E-state index in [0.717, 1.165) is 27.9 Å². The molecule has 2 amide bonds. The van der Waals surface area contributed by atoms with Crippen molar-refractivity contribution in [2.24, 2.45) is 0 Å². The fourth-order valence-electron chi connectivity index (χ4n) is 6.83. The van der Waals surface area contributed by atoms with Crippen molar-refractivity contribution >= 4 is 56.9 Å². The van der Waals surface area contributed by atoms with E-state index in [1.165, 1.54) is 6.08 Å². The summed E-state index contributed by atoms with van der Waals surface area (Å²) in [7, 11) is 0. The van der Waals surface area contributed by atoms with Crippen LogP contribution in [0.3, 0.4) is 0 Å². The van der Waals surface area contributed by atoms with E-state index in [-0.39, 0.29) is 36.0 Å². The highest BCUT2D eigenvalue weighted by Gasteiger charge is 2.44. The number of anilines is 2. The molecule has 2 aliphatic rings. The van der Waals surface area contributed by atoms with Crippen LogP contribution in [0.15, 0.2) is 54.2 Å². The number of aromatic amines is 1. The molecule has 4 aromatic heterocycles. The van der Waals surface area contributed by atoms with E-state index in [1.807, 2.05) is 63.8 Å². The van der Waals surface area contributed by atoms with Crippen LogP contribution in [0.5, 0.6) is 0 Å². The lowest BCUT2D eigenvalue weighted by Gasteiger charge is -2.48. The highest BCUT2D eigenvalue weighted by Crippen LogP contribution is 2.43. The second kappa shape index (κ2) is 10.8. The zero-order valence-electron chi connectivity index (χ0n) is 26.2. The molecule has 0 spiro atoms. The molecule has 46 heavy (non-hydrogen) atoms. The van der Waals surface area contributed by atoms with E-state index in [2.05, 4.69) is 26.8 Å². The number of aromatic nitrogens is 5. The van der Waals surface area contributed by atoms with Crippen LogP contribution in [0.25, 0.3) is 39.0 Å². The average Bonchev–Trinajstić information content (AvgIpc) is 3.50. The van der Waals surface area contributed by atoms with Gasteiger partial charge in [0.1, 0.15) is 17.4 Å². The number of fused-ring (bicyclic) bond motifs is 6. The Kier molecular flexibility index (Phi) is 6.97. The molecule has 0 aliphatic carbocycles. The van der Waals surface area contributed by atoms with Crippen LogP contribution in [0.2, 0.25) is 5.02 Å². The van der Waals surface area contributed by atoms with Crippen LogP contribution in [-0.2, 0) is 9.59 Å². The lowest BCUT2D eigenvalue weighted by atomic mass is 9.98. The van der Waals surface area contributed by atoms with Crippen molar-refractivity contribution in [1.82, 2.24) is 29.4 Å². The molecule has 2 aliphatic heterocycles. The first-order chi connectivity index (χ1) is 22.0. The topological polar surface area (TPSA) is 129 Å². The summed E-state index contributed by atoms with van der Waals surface area (Å²) < 4.78 is 1.56. The Labute approximate surface area is 269 Å². The third-order valence-corrected chi connectivity index (χ3v) is 9.36. The van der Waals surface area contributed by atoms with E-state index in [0.29, 0.717) is 45.2 Å². The van der Waals surface area contributed by atoms with Crippen molar-refractivity contribution in [3.63, 3.8) is 0 Å². The van der Waals surface area contributed by atoms with Crippen molar-refractivity contribution in [3.05, 3.63) is 81.6 Å². The average molecular weight is 637 g/mol. The highest BCUT2D eigenvalue weighted by atomic mass is 35.5. The first kappa shape index (κ1) is 29.7. The minimum absolute atomic E-state index is 0.0185. The molecule has 0 bridgehead atoms. The fraction of sp³-hybridized carbons (Fsp3) is 0.294. The van der Waals surface area contributed by atoms with E-state index in [1.54, 1.807) is 22.0 Å². The first-order valence-corrected chi connectivity index (χ1v) is 15.6. The molecule has 0 saturated carbocycles. The van der Waals surface area contributed by atoms with Gasteiger partial charge < -0.3 is 20.1 Å². The molecule has 5 aromatic rings. The number of hydrogen-bond acceptors (Lipinski definition) is 7. The monoisotopic (exact) mass is 636 g/mol. The second-order valence-corrected chi connectivity index (χ2v) is 12.7. The summed E-state index contributed by atoms with van der Waals surface area (Å²) in [6.45, 7) is 13.9. The number of piperazine rings is 1. The number of rotatable bonds is 4. The predicted octanol–water partition coefficient (Wildman–Crippen LogP) is 5.26. The number of carbonyl (C=O) groups is 2. The summed E-state index contributed by atoms with van der Waals surface area (Å²) in [5.74, 6) is -0.640. The Bertz CT molecular complexity index is 2190. The largest absolute Gasteiger partial charge is 0.354 e. The van der Waals surface area contributed by atoms with Crippen molar-refractivity contribution in [3.8, 4) is 16.9 Å². The SMILES string of the molecule is C=CC(=O)N1CC2C(=O)Nc3c(c4cc(Cl)c(-c5c(C)ccc6[nH]cnc56)nc4n(-c4c(C)ccnc4C(C)C)c3=O)N2CC1C. The maximum atomic E-state index is 14.8. The van der Waals surface area contributed by atoms with Gasteiger partial charge in [-0.1, -0.05) is 38.1 Å². The van der Waals surface area contributed by atoms with Gasteiger partial charge in [-0.2, -0.15) is 0 Å². The number of imidazole rings is 1. The predicted molar refractivity (Wildman–Crippen MR) is 180 cm³/mol. The molecule has 1 saturated heterocycles. The number of benzene rings is 1. The Morgan fingerprint density at radius 2 is 1.89 bits per heavy atom. The van der Waals surface area contributed by atoms with Gasteiger partial charge in [-0.05, 0) is 62.1 Å². The molecule has 1 aromatic carbocycles. The molecular weight excluding hydrogens is 604 g/mol. The summed E-state index contributed by atoms with van der Waals surface area (Å²) in [5, 5.41) is 3.86. The van der Waals surface area contributed by atoms with Gasteiger partial charge in [0, 0.05) is 29.7 Å². The van der Waals surface area contributed by atoms with Crippen LogP contribution < -0.4 is 15.8 Å². The van der Waals surface area contributed by atoms with Crippen molar-refractivity contribution in [1.29, 1.82) is 0 Å². The maximum absolute atomic E-state index is 14.8. The molecule has 2 atom stereocenters. The number of H-pyrrole nitrogens is 1. The van der Waals surface area contributed by atoms with Crippen LogP contribution >= 0.6 is 11.6 Å². The van der Waals surface area contributed by atoms with Crippen LogP contribution in [0.1, 0.15) is 43.5 Å². The maximum Gasteiger partial charge on any atom is 0.282 e. The van der Waals surface area contributed by atoms with Gasteiger partial charge in [-0.25, -0.2) is 9.97 Å². The number of carbonyl (C=O) groups excluding carboxylic acids is 2. The third kappa shape index (κ3) is 4.33. The normalized spacial score (nSPS) is 17.8. The van der Waals surface area contributed by atoms with Crippen LogP contribution in [0, 0.1) is 13.8 Å². The Morgan fingerprint density at radius 3 is 2.63 bits per heavy atom. The molecule has 12 heteroatoms. The van der Waals surface area contributed by atoms with Gasteiger partial charge >= 0.3 is 0 Å². The number of aryl methyl sites for hydroxylation is 2. The van der Waals surface area contributed by atoms with Crippen LogP contribution in [0.4, 0.5) is 11.4 Å². The molecule has 11 nitrogen and oxygen atoms in total. The third-order valence-electron chi connectivity index (χ3n) is 9.07. The number of pyridine rings is 3. The lowest BCUT2D eigenvalue weighted by molar-refractivity contribution is -0.130. The lowest BCUT2D eigenvalue weighted by Crippen LogP contribution is -2.64. The van der Waals surface area contributed by atoms with Crippen molar-refractivity contribution < 1.29 is 9.59 Å². The number of amides is 2. The number of nitrogens with one attached hydrogen (secondary N) is 2. The molecule has 6 heterocycles. The fourth-order valence-corrected chi connectivity index (χ4v) is 7.08. The van der Waals surface area contributed by atoms with Crippen molar-refractivity contribution in [2.45, 2.75) is 52.6 Å². The van der Waals surface area contributed by atoms with Gasteiger partial charge in [0.15, 0.2) is 0 Å². The minimum Gasteiger partial charge on any atom is -0.354 e. The van der Waals surface area contributed by atoms with Gasteiger partial charge in [0.05, 0.1) is 51.7 Å². The summed E-state index contributed by atoms with van der Waals surface area (Å²) >= 11 is 7.12. The molecular formula is C34H33ClN8O3. The van der Waals surface area contributed by atoms with Crippen molar-refractivity contribution in [2.75, 3.05) is 23.3 Å². The second-order valence-electron chi connectivity index (χ2n) is 12.3. The molecule has 1 fully saturated rings. The molecule has 2 unspecified atom stereocenters. The summed E-state index contributed by atoms with van der Waals surface area (Å²) in [5.41, 5.74) is 6.47. The smallest absolute Gasteiger partial charge is 0.282 e. The summed E-state index contributed by atoms with van der Waals surface area (Å²) in [4.78, 5) is 62.2. The van der Waals surface area contributed by atoms with E-state index < -0.39 is 11.6 Å². The number of hydrogen-bond donors (Lipinski definition) is 2. The number of nitrogens with zero attached hydrogens (tertiary/aromatic N) is 6. The van der Waals surface area contributed by atoms with Gasteiger partial charge in [0.25, 0.3) is 5.56 Å². The molecule has 234 valence electrons. The number of halogens is 1. The highest BCUT2D eigenvalue weighted by molar-refractivity contribution is 6.34. The van der Waals surface area contributed by atoms with E-state index >= 15 is 0 Å². The molecule has 7 rings (SSSR count). The Morgan fingerprint density at radius 1 is 1.11 bits per heavy atom. The summed E-state index contributed by atoms with van der Waals surface area (Å²) in [6.07, 6.45) is 4.61. The van der Waals surface area contributed by atoms with E-state index in [4.69, 9.17) is 16.6 Å². The Hall–Kier alpha value is -5.03. The minimum atomic E-state index is -0.726. The Balaban J connectivity index is 1.59.